The van der Waals surface area contributed by atoms with Crippen LogP contribution in [0, 0.1) is 5.82 Å². The molecule has 1 aromatic heterocycles. The third-order valence-corrected chi connectivity index (χ3v) is 3.23. The van der Waals surface area contributed by atoms with Crippen molar-refractivity contribution in [3.05, 3.63) is 51.3 Å². The van der Waals surface area contributed by atoms with E-state index in [4.69, 9.17) is 16.3 Å². The Morgan fingerprint density at radius 2 is 2.21 bits per heavy atom. The number of ether oxygens (including phenoxy) is 1. The molecule has 0 saturated heterocycles. The summed E-state index contributed by atoms with van der Waals surface area (Å²) in [6.45, 7) is 0.676. The summed E-state index contributed by atoms with van der Waals surface area (Å²) in [6, 6.07) is 6.12. The van der Waals surface area contributed by atoms with Crippen LogP contribution in [0.4, 0.5) is 4.39 Å². The largest absolute Gasteiger partial charge is 0.437 e. The van der Waals surface area contributed by atoms with Crippen LogP contribution in [-0.4, -0.2) is 12.0 Å². The third kappa shape index (κ3) is 3.65. The molecule has 0 saturated carbocycles. The summed E-state index contributed by atoms with van der Waals surface area (Å²) in [7, 11) is 1.84. The maximum absolute atomic E-state index is 13.1. The van der Waals surface area contributed by atoms with Gasteiger partial charge >= 0.3 is 0 Å². The number of benzene rings is 1. The van der Waals surface area contributed by atoms with E-state index < -0.39 is 0 Å². The Kier molecular flexibility index (Phi) is 4.74. The molecular weight excluding hydrogens is 335 g/mol. The minimum atomic E-state index is -0.351. The summed E-state index contributed by atoms with van der Waals surface area (Å²) >= 11 is 9.18. The van der Waals surface area contributed by atoms with E-state index in [1.54, 1.807) is 12.3 Å². The molecule has 1 N–H and O–H groups in total. The highest BCUT2D eigenvalue weighted by molar-refractivity contribution is 9.10. The van der Waals surface area contributed by atoms with Crippen molar-refractivity contribution in [1.29, 1.82) is 0 Å². The van der Waals surface area contributed by atoms with Crippen LogP contribution < -0.4 is 10.1 Å². The summed E-state index contributed by atoms with van der Waals surface area (Å²) in [5.74, 6) is 0.403. The topological polar surface area (TPSA) is 34.2 Å². The van der Waals surface area contributed by atoms with E-state index in [2.05, 4.69) is 26.2 Å². The van der Waals surface area contributed by atoms with Crippen molar-refractivity contribution >= 4 is 27.5 Å². The highest BCUT2D eigenvalue weighted by Gasteiger charge is 2.08. The normalized spacial score (nSPS) is 10.5. The first kappa shape index (κ1) is 14.2. The Balaban J connectivity index is 2.20. The van der Waals surface area contributed by atoms with Gasteiger partial charge in [-0.2, -0.15) is 0 Å². The van der Waals surface area contributed by atoms with Gasteiger partial charge in [0.2, 0.25) is 5.88 Å². The smallest absolute Gasteiger partial charge is 0.238 e. The standard InChI is InChI=1S/C13H11BrClFN2O/c1-17-6-8-4-11(15)13(18-7-8)19-9-2-3-12(16)10(14)5-9/h2-5,7,17H,6H2,1H3. The van der Waals surface area contributed by atoms with E-state index >= 15 is 0 Å². The highest BCUT2D eigenvalue weighted by Crippen LogP contribution is 2.30. The number of nitrogens with zero attached hydrogens (tertiary/aromatic N) is 1. The summed E-state index contributed by atoms with van der Waals surface area (Å²) in [5.41, 5.74) is 0.958. The number of pyridine rings is 1. The molecule has 19 heavy (non-hydrogen) atoms. The lowest BCUT2D eigenvalue weighted by atomic mass is 10.3. The first-order valence-corrected chi connectivity index (χ1v) is 6.69. The van der Waals surface area contributed by atoms with Gasteiger partial charge in [0.1, 0.15) is 16.6 Å². The highest BCUT2D eigenvalue weighted by atomic mass is 79.9. The molecule has 1 heterocycles. The second kappa shape index (κ2) is 6.32. The molecule has 0 aliphatic heterocycles. The van der Waals surface area contributed by atoms with Crippen molar-refractivity contribution in [3.8, 4) is 11.6 Å². The monoisotopic (exact) mass is 344 g/mol. The zero-order valence-electron chi connectivity index (χ0n) is 10.1. The quantitative estimate of drug-likeness (QED) is 0.904. The fourth-order valence-corrected chi connectivity index (χ4v) is 2.08. The average molecular weight is 346 g/mol. The fraction of sp³-hybridized carbons (Fsp3) is 0.154. The molecule has 0 aliphatic carbocycles. The second-order valence-corrected chi connectivity index (χ2v) is 5.10. The maximum Gasteiger partial charge on any atom is 0.238 e. The van der Waals surface area contributed by atoms with Gasteiger partial charge in [0.25, 0.3) is 0 Å². The van der Waals surface area contributed by atoms with Crippen LogP contribution in [-0.2, 0) is 6.54 Å². The van der Waals surface area contributed by atoms with E-state index in [1.165, 1.54) is 18.2 Å². The summed E-state index contributed by atoms with van der Waals surface area (Å²) < 4.78 is 18.9. The van der Waals surface area contributed by atoms with Crippen molar-refractivity contribution in [1.82, 2.24) is 10.3 Å². The third-order valence-electron chi connectivity index (χ3n) is 2.35. The van der Waals surface area contributed by atoms with E-state index in [1.807, 2.05) is 7.05 Å². The van der Waals surface area contributed by atoms with Gasteiger partial charge in [0, 0.05) is 12.7 Å². The Labute approximate surface area is 123 Å². The lowest BCUT2D eigenvalue weighted by Crippen LogP contribution is -2.05. The van der Waals surface area contributed by atoms with Gasteiger partial charge in [-0.05, 0) is 52.8 Å². The van der Waals surface area contributed by atoms with Crippen molar-refractivity contribution in [2.24, 2.45) is 0 Å². The predicted molar refractivity (Wildman–Crippen MR) is 76.2 cm³/mol. The zero-order valence-corrected chi connectivity index (χ0v) is 12.4. The predicted octanol–water partition coefficient (Wildman–Crippen LogP) is 4.15. The van der Waals surface area contributed by atoms with Crippen LogP contribution in [0.3, 0.4) is 0 Å². The number of halogens is 3. The molecule has 6 heteroatoms. The average Bonchev–Trinajstić information content (AvgIpc) is 2.37. The molecular formula is C13H11BrClFN2O. The van der Waals surface area contributed by atoms with E-state index in [-0.39, 0.29) is 5.82 Å². The Bertz CT molecular complexity index is 595. The molecule has 0 bridgehead atoms. The van der Waals surface area contributed by atoms with Crippen LogP contribution in [0.15, 0.2) is 34.9 Å². The molecule has 2 aromatic rings. The fourth-order valence-electron chi connectivity index (χ4n) is 1.49. The van der Waals surface area contributed by atoms with Gasteiger partial charge in [-0.1, -0.05) is 11.6 Å². The molecule has 0 spiro atoms. The van der Waals surface area contributed by atoms with E-state index in [0.29, 0.717) is 27.7 Å². The first-order chi connectivity index (χ1) is 9.10. The minimum absolute atomic E-state index is 0.292. The zero-order chi connectivity index (χ0) is 13.8. The Hall–Kier alpha value is -1.17. The molecule has 0 amide bonds. The molecule has 100 valence electrons. The van der Waals surface area contributed by atoms with Crippen LogP contribution in [0.5, 0.6) is 11.6 Å². The molecule has 0 unspecified atom stereocenters. The van der Waals surface area contributed by atoms with Gasteiger partial charge in [0.05, 0.1) is 4.47 Å². The van der Waals surface area contributed by atoms with Gasteiger partial charge < -0.3 is 10.1 Å². The molecule has 0 radical (unpaired) electrons. The number of hydrogen-bond donors (Lipinski definition) is 1. The first-order valence-electron chi connectivity index (χ1n) is 5.52. The van der Waals surface area contributed by atoms with Crippen molar-refractivity contribution in [3.63, 3.8) is 0 Å². The van der Waals surface area contributed by atoms with Crippen LogP contribution in [0.1, 0.15) is 5.56 Å². The van der Waals surface area contributed by atoms with Crippen LogP contribution >= 0.6 is 27.5 Å². The van der Waals surface area contributed by atoms with Gasteiger partial charge in [-0.25, -0.2) is 9.37 Å². The molecule has 0 fully saturated rings. The second-order valence-electron chi connectivity index (χ2n) is 3.84. The van der Waals surface area contributed by atoms with Gasteiger partial charge in [0.15, 0.2) is 0 Å². The van der Waals surface area contributed by atoms with Crippen molar-refractivity contribution in [2.45, 2.75) is 6.54 Å². The Morgan fingerprint density at radius 3 is 2.84 bits per heavy atom. The summed E-state index contributed by atoms with van der Waals surface area (Å²) in [6.07, 6.45) is 1.68. The number of aromatic nitrogens is 1. The van der Waals surface area contributed by atoms with E-state index in [0.717, 1.165) is 5.56 Å². The van der Waals surface area contributed by atoms with Crippen molar-refractivity contribution in [2.75, 3.05) is 7.05 Å². The van der Waals surface area contributed by atoms with Gasteiger partial charge in [-0.3, -0.25) is 0 Å². The molecule has 2 rings (SSSR count). The number of nitrogens with one attached hydrogen (secondary N) is 1. The van der Waals surface area contributed by atoms with Crippen LogP contribution in [0.25, 0.3) is 0 Å². The molecule has 1 aromatic carbocycles. The van der Waals surface area contributed by atoms with Crippen LogP contribution in [0.2, 0.25) is 5.02 Å². The molecule has 3 nitrogen and oxygen atoms in total. The van der Waals surface area contributed by atoms with Crippen molar-refractivity contribution < 1.29 is 9.13 Å². The number of hydrogen-bond acceptors (Lipinski definition) is 3. The minimum Gasteiger partial charge on any atom is -0.437 e. The Morgan fingerprint density at radius 1 is 1.42 bits per heavy atom. The van der Waals surface area contributed by atoms with E-state index in [9.17, 15) is 4.39 Å². The summed E-state index contributed by atoms with van der Waals surface area (Å²) in [5, 5.41) is 3.42. The summed E-state index contributed by atoms with van der Waals surface area (Å²) in [4.78, 5) is 4.14. The molecule has 0 aliphatic rings. The lowest BCUT2D eigenvalue weighted by Gasteiger charge is -2.08. The SMILES string of the molecule is CNCc1cnc(Oc2ccc(F)c(Br)c2)c(Cl)c1. The number of rotatable bonds is 4. The maximum atomic E-state index is 13.1. The lowest BCUT2D eigenvalue weighted by molar-refractivity contribution is 0.460. The van der Waals surface area contributed by atoms with Gasteiger partial charge in [-0.15, -0.1) is 0 Å². The molecule has 0 atom stereocenters.